The summed E-state index contributed by atoms with van der Waals surface area (Å²) in [5.74, 6) is 0. The van der Waals surface area contributed by atoms with Crippen LogP contribution >= 0.6 is 11.8 Å². The lowest BCUT2D eigenvalue weighted by molar-refractivity contribution is -0.385. The quantitative estimate of drug-likeness (QED) is 0.418. The minimum Gasteiger partial charge on any atom is -0.258 e. The van der Waals surface area contributed by atoms with Gasteiger partial charge in [-0.3, -0.25) is 10.1 Å². The van der Waals surface area contributed by atoms with Crippen molar-refractivity contribution in [2.45, 2.75) is 34.7 Å². The van der Waals surface area contributed by atoms with Crippen molar-refractivity contribution in [2.24, 2.45) is 0 Å². The molecule has 2 heterocycles. The van der Waals surface area contributed by atoms with Gasteiger partial charge in [0.2, 0.25) is 15.2 Å². The molecule has 0 saturated carbocycles. The van der Waals surface area contributed by atoms with Gasteiger partial charge in [-0.25, -0.2) is 8.42 Å². The van der Waals surface area contributed by atoms with Gasteiger partial charge in [-0.1, -0.05) is 17.7 Å². The van der Waals surface area contributed by atoms with E-state index >= 15 is 0 Å². The second-order valence-corrected chi connectivity index (χ2v) is 9.73. The van der Waals surface area contributed by atoms with Crippen molar-refractivity contribution in [3.05, 3.63) is 58.1 Å². The molecule has 1 fully saturated rings. The van der Waals surface area contributed by atoms with E-state index in [0.717, 1.165) is 41.9 Å². The highest BCUT2D eigenvalue weighted by atomic mass is 32.2. The molecule has 3 aromatic rings. The third-order valence-corrected chi connectivity index (χ3v) is 7.82. The number of aromatic nitrogens is 4. The molecule has 30 heavy (non-hydrogen) atoms. The molecule has 0 N–H and O–H groups in total. The zero-order valence-electron chi connectivity index (χ0n) is 16.0. The molecule has 12 heteroatoms. The summed E-state index contributed by atoms with van der Waals surface area (Å²) in [5, 5.41) is 23.3. The third kappa shape index (κ3) is 3.93. The Morgan fingerprint density at radius 3 is 2.47 bits per heavy atom. The van der Waals surface area contributed by atoms with E-state index in [1.54, 1.807) is 0 Å². The molecule has 1 saturated heterocycles. The van der Waals surface area contributed by atoms with Crippen LogP contribution in [0.25, 0.3) is 5.69 Å². The summed E-state index contributed by atoms with van der Waals surface area (Å²) < 4.78 is 29.2. The summed E-state index contributed by atoms with van der Waals surface area (Å²) >= 11 is 1.05. The summed E-state index contributed by atoms with van der Waals surface area (Å²) in [6, 6.07) is 11.4. The number of non-ortho nitro benzene ring substituents is 1. The topological polar surface area (TPSA) is 124 Å². The van der Waals surface area contributed by atoms with Crippen LogP contribution in [0.1, 0.15) is 18.4 Å². The van der Waals surface area contributed by atoms with E-state index in [0.29, 0.717) is 23.1 Å². The van der Waals surface area contributed by atoms with Gasteiger partial charge in [0.05, 0.1) is 10.6 Å². The number of sulfonamides is 1. The fourth-order valence-electron chi connectivity index (χ4n) is 3.15. The van der Waals surface area contributed by atoms with Crippen molar-refractivity contribution in [1.29, 1.82) is 0 Å². The summed E-state index contributed by atoms with van der Waals surface area (Å²) in [5.41, 5.74) is 1.52. The Kier molecular flexibility index (Phi) is 5.54. The third-order valence-electron chi connectivity index (χ3n) is 4.74. The van der Waals surface area contributed by atoms with Crippen molar-refractivity contribution >= 4 is 27.5 Å². The maximum Gasteiger partial charge on any atom is 0.270 e. The Bertz CT molecular complexity index is 1190. The van der Waals surface area contributed by atoms with Gasteiger partial charge in [-0.05, 0) is 60.2 Å². The average Bonchev–Trinajstić information content (AvgIpc) is 3.41. The lowest BCUT2D eigenvalue weighted by atomic mass is 10.2. The Balaban J connectivity index is 1.76. The molecule has 156 valence electrons. The van der Waals surface area contributed by atoms with Gasteiger partial charge < -0.3 is 0 Å². The van der Waals surface area contributed by atoms with Crippen LogP contribution in [0.2, 0.25) is 0 Å². The molecule has 0 atom stereocenters. The fraction of sp³-hybridized carbons (Fsp3) is 0.278. The van der Waals surface area contributed by atoms with Gasteiger partial charge >= 0.3 is 0 Å². The van der Waals surface area contributed by atoms with Gasteiger partial charge in [0.1, 0.15) is 4.90 Å². The van der Waals surface area contributed by atoms with Crippen molar-refractivity contribution in [1.82, 2.24) is 24.5 Å². The molecule has 2 aromatic carbocycles. The second-order valence-electron chi connectivity index (χ2n) is 6.81. The van der Waals surface area contributed by atoms with Crippen molar-refractivity contribution in [3.63, 3.8) is 0 Å². The van der Waals surface area contributed by atoms with Crippen LogP contribution in [-0.2, 0) is 10.0 Å². The molecule has 0 bridgehead atoms. The van der Waals surface area contributed by atoms with Crippen LogP contribution < -0.4 is 0 Å². The second kappa shape index (κ2) is 8.13. The molecule has 1 aliphatic heterocycles. The van der Waals surface area contributed by atoms with Crippen LogP contribution in [0, 0.1) is 17.0 Å². The summed E-state index contributed by atoms with van der Waals surface area (Å²) in [4.78, 5) is 10.9. The van der Waals surface area contributed by atoms with Gasteiger partial charge in [0.15, 0.2) is 0 Å². The molecular weight excluding hydrogens is 428 g/mol. The average molecular weight is 447 g/mol. The number of benzene rings is 2. The maximum absolute atomic E-state index is 13.2. The molecule has 0 spiro atoms. The normalized spacial score (nSPS) is 14.8. The number of hydrogen-bond acceptors (Lipinski definition) is 8. The van der Waals surface area contributed by atoms with Crippen LogP contribution in [0.4, 0.5) is 5.69 Å². The highest BCUT2D eigenvalue weighted by Gasteiger charge is 2.31. The first-order valence-electron chi connectivity index (χ1n) is 9.18. The molecule has 1 aromatic heterocycles. The number of aryl methyl sites for hydroxylation is 1. The number of tetrazole rings is 1. The summed E-state index contributed by atoms with van der Waals surface area (Å²) in [6.07, 6.45) is 1.53. The molecule has 0 unspecified atom stereocenters. The highest BCUT2D eigenvalue weighted by molar-refractivity contribution is 8.00. The number of nitrogens with zero attached hydrogens (tertiary/aromatic N) is 6. The molecule has 0 aliphatic carbocycles. The van der Waals surface area contributed by atoms with E-state index in [4.69, 9.17) is 0 Å². The van der Waals surface area contributed by atoms with E-state index in [9.17, 15) is 18.5 Å². The highest BCUT2D eigenvalue weighted by Crippen LogP contribution is 2.36. The number of hydrogen-bond donors (Lipinski definition) is 0. The monoisotopic (exact) mass is 446 g/mol. The molecule has 4 rings (SSSR count). The molecular formula is C18H18N6O4S2. The summed E-state index contributed by atoms with van der Waals surface area (Å²) in [7, 11) is -3.88. The molecule has 10 nitrogen and oxygen atoms in total. The maximum atomic E-state index is 13.2. The first kappa shape index (κ1) is 20.4. The Morgan fingerprint density at radius 2 is 1.80 bits per heavy atom. The fourth-order valence-corrected chi connectivity index (χ4v) is 6.00. The zero-order valence-corrected chi connectivity index (χ0v) is 17.6. The standard InChI is InChI=1S/C18H18N6O4S2/c1-13-4-6-14(7-5-13)23-18(19-20-21-23)29-16-9-8-15(24(25)26)12-17(16)30(27,28)22-10-2-3-11-22/h4-9,12H,2-3,10-11H2,1H3. The van der Waals surface area contributed by atoms with Gasteiger partial charge in [0, 0.05) is 30.1 Å². The minimum atomic E-state index is -3.88. The largest absolute Gasteiger partial charge is 0.270 e. The lowest BCUT2D eigenvalue weighted by Gasteiger charge is -2.17. The Morgan fingerprint density at radius 1 is 1.10 bits per heavy atom. The predicted molar refractivity (Wildman–Crippen MR) is 109 cm³/mol. The SMILES string of the molecule is Cc1ccc(-n2nnnc2Sc2ccc([N+](=O)[O-])cc2S(=O)(=O)N2CCCC2)cc1. The Hall–Kier alpha value is -2.83. The summed E-state index contributed by atoms with van der Waals surface area (Å²) in [6.45, 7) is 2.76. The first-order chi connectivity index (χ1) is 14.4. The van der Waals surface area contributed by atoms with Gasteiger partial charge in [-0.15, -0.1) is 5.10 Å². The van der Waals surface area contributed by atoms with Crippen molar-refractivity contribution < 1.29 is 13.3 Å². The molecule has 0 amide bonds. The van der Waals surface area contributed by atoms with Crippen LogP contribution in [0.5, 0.6) is 0 Å². The van der Waals surface area contributed by atoms with Crippen molar-refractivity contribution in [3.8, 4) is 5.69 Å². The van der Waals surface area contributed by atoms with E-state index in [1.807, 2.05) is 31.2 Å². The van der Waals surface area contributed by atoms with E-state index in [1.165, 1.54) is 21.1 Å². The van der Waals surface area contributed by atoms with Gasteiger partial charge in [-0.2, -0.15) is 8.99 Å². The van der Waals surface area contributed by atoms with Crippen LogP contribution in [0.15, 0.2) is 57.4 Å². The van der Waals surface area contributed by atoms with Crippen molar-refractivity contribution in [2.75, 3.05) is 13.1 Å². The number of rotatable bonds is 6. The molecule has 1 aliphatic rings. The van der Waals surface area contributed by atoms with E-state index in [2.05, 4.69) is 15.5 Å². The predicted octanol–water partition coefficient (Wildman–Crippen LogP) is 2.81. The molecule has 0 radical (unpaired) electrons. The number of nitro benzene ring substituents is 1. The smallest absolute Gasteiger partial charge is 0.258 e. The lowest BCUT2D eigenvalue weighted by Crippen LogP contribution is -2.28. The first-order valence-corrected chi connectivity index (χ1v) is 11.4. The van der Waals surface area contributed by atoms with E-state index < -0.39 is 14.9 Å². The Labute approximate surface area is 177 Å². The van der Waals surface area contributed by atoms with Crippen LogP contribution in [-0.4, -0.2) is 50.9 Å². The minimum absolute atomic E-state index is 0.109. The van der Waals surface area contributed by atoms with E-state index in [-0.39, 0.29) is 10.6 Å². The zero-order chi connectivity index (χ0) is 21.3. The number of nitro groups is 1. The van der Waals surface area contributed by atoms with Crippen LogP contribution in [0.3, 0.4) is 0 Å². The van der Waals surface area contributed by atoms with Gasteiger partial charge in [0.25, 0.3) is 5.69 Å².